The van der Waals surface area contributed by atoms with Crippen molar-refractivity contribution < 1.29 is 4.74 Å². The zero-order valence-corrected chi connectivity index (χ0v) is 15.7. The van der Waals surface area contributed by atoms with Gasteiger partial charge in [-0.1, -0.05) is 29.8 Å². The van der Waals surface area contributed by atoms with Crippen LogP contribution in [0.2, 0.25) is 0 Å². The van der Waals surface area contributed by atoms with E-state index >= 15 is 0 Å². The molecule has 120 valence electrons. The van der Waals surface area contributed by atoms with Gasteiger partial charge in [0.15, 0.2) is 0 Å². The van der Waals surface area contributed by atoms with Crippen molar-refractivity contribution >= 4 is 15.9 Å². The lowest BCUT2D eigenvalue weighted by Gasteiger charge is -2.20. The Hall–Kier alpha value is -0.540. The highest BCUT2D eigenvalue weighted by Gasteiger charge is 2.09. The summed E-state index contributed by atoms with van der Waals surface area (Å²) < 4.78 is 7.08. The molecular weight excluding hydrogens is 326 g/mol. The van der Waals surface area contributed by atoms with Crippen LogP contribution in [0.15, 0.2) is 22.7 Å². The number of halogens is 1. The number of benzene rings is 1. The van der Waals surface area contributed by atoms with E-state index in [9.17, 15) is 0 Å². The monoisotopic (exact) mass is 355 g/mol. The number of hydrogen-bond donors (Lipinski definition) is 1. The highest BCUT2D eigenvalue weighted by atomic mass is 79.9. The van der Waals surface area contributed by atoms with Crippen LogP contribution in [-0.2, 0) is 0 Å². The van der Waals surface area contributed by atoms with Gasteiger partial charge >= 0.3 is 0 Å². The standard InChI is InChI=1S/C18H30BrNO/c1-14(2)16-13-15(19)9-10-17(16)21-12-8-6-7-11-20-18(3,4)5/h9-10,13-14,20H,6-8,11-12H2,1-5H3. The molecule has 1 aromatic rings. The highest BCUT2D eigenvalue weighted by Crippen LogP contribution is 2.29. The molecule has 0 heterocycles. The maximum Gasteiger partial charge on any atom is 0.122 e. The normalized spacial score (nSPS) is 12.0. The Bertz CT molecular complexity index is 424. The van der Waals surface area contributed by atoms with E-state index in [1.165, 1.54) is 18.4 Å². The first-order valence-corrected chi connectivity index (χ1v) is 8.76. The first kappa shape index (κ1) is 18.5. The minimum absolute atomic E-state index is 0.222. The first-order valence-electron chi connectivity index (χ1n) is 7.97. The van der Waals surface area contributed by atoms with Crippen molar-refractivity contribution in [2.75, 3.05) is 13.2 Å². The molecule has 0 spiro atoms. The third kappa shape index (κ3) is 7.87. The molecule has 1 N–H and O–H groups in total. The average molecular weight is 356 g/mol. The van der Waals surface area contributed by atoms with E-state index < -0.39 is 0 Å². The Labute approximate surface area is 138 Å². The number of nitrogens with one attached hydrogen (secondary N) is 1. The Morgan fingerprint density at radius 2 is 1.86 bits per heavy atom. The van der Waals surface area contributed by atoms with E-state index in [0.717, 1.165) is 29.8 Å². The molecule has 1 aromatic carbocycles. The molecule has 0 aromatic heterocycles. The van der Waals surface area contributed by atoms with Gasteiger partial charge in [-0.15, -0.1) is 0 Å². The molecule has 0 fully saturated rings. The van der Waals surface area contributed by atoms with Gasteiger partial charge in [0.25, 0.3) is 0 Å². The van der Waals surface area contributed by atoms with Crippen LogP contribution in [0.5, 0.6) is 5.75 Å². The maximum absolute atomic E-state index is 5.96. The van der Waals surface area contributed by atoms with Crippen molar-refractivity contribution in [3.63, 3.8) is 0 Å². The fourth-order valence-electron chi connectivity index (χ4n) is 2.15. The lowest BCUT2D eigenvalue weighted by atomic mass is 10.0. The van der Waals surface area contributed by atoms with Gasteiger partial charge in [-0.05, 0) is 76.3 Å². The van der Waals surface area contributed by atoms with E-state index in [-0.39, 0.29) is 5.54 Å². The predicted molar refractivity (Wildman–Crippen MR) is 95.3 cm³/mol. The highest BCUT2D eigenvalue weighted by molar-refractivity contribution is 9.10. The second-order valence-corrected chi connectivity index (χ2v) is 7.84. The molecule has 0 atom stereocenters. The van der Waals surface area contributed by atoms with Crippen LogP contribution >= 0.6 is 15.9 Å². The van der Waals surface area contributed by atoms with Crippen LogP contribution in [-0.4, -0.2) is 18.7 Å². The molecule has 21 heavy (non-hydrogen) atoms. The summed E-state index contributed by atoms with van der Waals surface area (Å²) in [6.07, 6.45) is 3.52. The summed E-state index contributed by atoms with van der Waals surface area (Å²) in [4.78, 5) is 0. The van der Waals surface area contributed by atoms with Crippen LogP contribution < -0.4 is 10.1 Å². The van der Waals surface area contributed by atoms with Crippen molar-refractivity contribution in [3.05, 3.63) is 28.2 Å². The summed E-state index contributed by atoms with van der Waals surface area (Å²) in [6, 6.07) is 6.28. The van der Waals surface area contributed by atoms with Gasteiger partial charge in [-0.2, -0.15) is 0 Å². The smallest absolute Gasteiger partial charge is 0.122 e. The largest absolute Gasteiger partial charge is 0.493 e. The number of unbranched alkanes of at least 4 members (excludes halogenated alkanes) is 2. The summed E-state index contributed by atoms with van der Waals surface area (Å²) >= 11 is 3.53. The molecule has 0 radical (unpaired) electrons. The fourth-order valence-corrected chi connectivity index (χ4v) is 2.53. The molecule has 0 amide bonds. The first-order chi connectivity index (χ1) is 9.79. The zero-order chi connectivity index (χ0) is 15.9. The van der Waals surface area contributed by atoms with Gasteiger partial charge in [0.1, 0.15) is 5.75 Å². The van der Waals surface area contributed by atoms with Gasteiger partial charge in [0, 0.05) is 10.0 Å². The third-order valence-electron chi connectivity index (χ3n) is 3.33. The molecule has 3 heteroatoms. The lowest BCUT2D eigenvalue weighted by Crippen LogP contribution is -2.36. The SMILES string of the molecule is CC(C)c1cc(Br)ccc1OCCCCCNC(C)(C)C. The number of rotatable bonds is 8. The van der Waals surface area contributed by atoms with E-state index in [2.05, 4.69) is 74.1 Å². The molecular formula is C18H30BrNO. The second kappa shape index (κ2) is 8.79. The van der Waals surface area contributed by atoms with Gasteiger partial charge in [0.05, 0.1) is 6.61 Å². The van der Waals surface area contributed by atoms with Gasteiger partial charge in [-0.3, -0.25) is 0 Å². The van der Waals surface area contributed by atoms with E-state index in [0.29, 0.717) is 5.92 Å². The van der Waals surface area contributed by atoms with Crippen LogP contribution in [0.4, 0.5) is 0 Å². The Morgan fingerprint density at radius 3 is 2.48 bits per heavy atom. The molecule has 0 saturated heterocycles. The topological polar surface area (TPSA) is 21.3 Å². The summed E-state index contributed by atoms with van der Waals surface area (Å²) in [6.45, 7) is 12.9. The summed E-state index contributed by atoms with van der Waals surface area (Å²) in [5, 5.41) is 3.51. The van der Waals surface area contributed by atoms with E-state index in [4.69, 9.17) is 4.74 Å². The van der Waals surface area contributed by atoms with E-state index in [1.807, 2.05) is 0 Å². The number of ether oxygens (including phenoxy) is 1. The van der Waals surface area contributed by atoms with Crippen molar-refractivity contribution in [3.8, 4) is 5.75 Å². The van der Waals surface area contributed by atoms with Crippen LogP contribution in [0.3, 0.4) is 0 Å². The van der Waals surface area contributed by atoms with Gasteiger partial charge in [-0.25, -0.2) is 0 Å². The summed E-state index contributed by atoms with van der Waals surface area (Å²) in [5.74, 6) is 1.51. The molecule has 2 nitrogen and oxygen atoms in total. The van der Waals surface area contributed by atoms with Crippen molar-refractivity contribution in [2.45, 2.75) is 65.3 Å². The Morgan fingerprint density at radius 1 is 1.14 bits per heavy atom. The minimum atomic E-state index is 0.222. The lowest BCUT2D eigenvalue weighted by molar-refractivity contribution is 0.299. The summed E-state index contributed by atoms with van der Waals surface area (Å²) in [7, 11) is 0. The quantitative estimate of drug-likeness (QED) is 0.620. The van der Waals surface area contributed by atoms with Crippen LogP contribution in [0.25, 0.3) is 0 Å². The molecule has 0 aliphatic rings. The summed E-state index contributed by atoms with van der Waals surface area (Å²) in [5.41, 5.74) is 1.50. The van der Waals surface area contributed by atoms with Crippen molar-refractivity contribution in [1.29, 1.82) is 0 Å². The minimum Gasteiger partial charge on any atom is -0.493 e. The molecule has 0 aliphatic carbocycles. The van der Waals surface area contributed by atoms with Crippen molar-refractivity contribution in [1.82, 2.24) is 5.32 Å². The van der Waals surface area contributed by atoms with Crippen molar-refractivity contribution in [2.24, 2.45) is 0 Å². The second-order valence-electron chi connectivity index (χ2n) is 6.92. The average Bonchev–Trinajstić information content (AvgIpc) is 2.37. The fraction of sp³-hybridized carbons (Fsp3) is 0.667. The molecule has 0 saturated carbocycles. The van der Waals surface area contributed by atoms with Gasteiger partial charge in [0.2, 0.25) is 0 Å². The third-order valence-corrected chi connectivity index (χ3v) is 3.82. The van der Waals surface area contributed by atoms with Gasteiger partial charge < -0.3 is 10.1 Å². The van der Waals surface area contributed by atoms with Crippen LogP contribution in [0, 0.1) is 0 Å². The molecule has 0 bridgehead atoms. The predicted octanol–water partition coefficient (Wildman–Crippen LogP) is 5.51. The Kier molecular flexibility index (Phi) is 7.75. The van der Waals surface area contributed by atoms with E-state index in [1.54, 1.807) is 0 Å². The van der Waals surface area contributed by atoms with Crippen LogP contribution in [0.1, 0.15) is 65.4 Å². The maximum atomic E-state index is 5.96. The zero-order valence-electron chi connectivity index (χ0n) is 14.1. The number of hydrogen-bond acceptors (Lipinski definition) is 2. The molecule has 0 unspecified atom stereocenters. The Balaban J connectivity index is 2.27. The molecule has 0 aliphatic heterocycles. The molecule has 1 rings (SSSR count).